The van der Waals surface area contributed by atoms with Gasteiger partial charge in [-0.1, -0.05) is 17.7 Å². The van der Waals surface area contributed by atoms with Crippen LogP contribution in [0.25, 0.3) is 0 Å². The highest BCUT2D eigenvalue weighted by molar-refractivity contribution is 7.89. The van der Waals surface area contributed by atoms with E-state index in [1.165, 1.54) is 6.07 Å². The van der Waals surface area contributed by atoms with Gasteiger partial charge in [0.15, 0.2) is 0 Å². The molecule has 0 bridgehead atoms. The number of nitrogens with two attached hydrogens (primary N) is 1. The first-order chi connectivity index (χ1) is 8.40. The van der Waals surface area contributed by atoms with Crippen LogP contribution in [0.1, 0.15) is 18.4 Å². The van der Waals surface area contributed by atoms with E-state index < -0.39 is 10.0 Å². The minimum absolute atomic E-state index is 0. The van der Waals surface area contributed by atoms with Crippen LogP contribution in [0.15, 0.2) is 23.1 Å². The molecule has 1 fully saturated rings. The summed E-state index contributed by atoms with van der Waals surface area (Å²) in [7, 11) is -3.57. The Morgan fingerprint density at radius 1 is 1.47 bits per heavy atom. The topological polar surface area (TPSA) is 72.2 Å². The van der Waals surface area contributed by atoms with Gasteiger partial charge in [0, 0.05) is 12.6 Å². The highest BCUT2D eigenvalue weighted by Crippen LogP contribution is 2.31. The van der Waals surface area contributed by atoms with Gasteiger partial charge in [-0.15, -0.1) is 12.4 Å². The molecule has 3 N–H and O–H groups in total. The molecule has 7 heteroatoms. The largest absolute Gasteiger partial charge is 0.326 e. The Morgan fingerprint density at radius 3 is 2.63 bits per heavy atom. The van der Waals surface area contributed by atoms with E-state index >= 15 is 0 Å². The van der Waals surface area contributed by atoms with Gasteiger partial charge in [0.1, 0.15) is 4.90 Å². The zero-order valence-corrected chi connectivity index (χ0v) is 13.0. The summed E-state index contributed by atoms with van der Waals surface area (Å²) in [6.45, 7) is 2.12. The van der Waals surface area contributed by atoms with Crippen LogP contribution in [0.5, 0.6) is 0 Å². The molecule has 2 rings (SSSR count). The molecule has 1 aliphatic carbocycles. The van der Waals surface area contributed by atoms with Gasteiger partial charge in [-0.2, -0.15) is 0 Å². The number of benzene rings is 1. The summed E-state index contributed by atoms with van der Waals surface area (Å²) in [5.74, 6) is 0.459. The summed E-state index contributed by atoms with van der Waals surface area (Å²) in [6.07, 6.45) is 2.18. The maximum atomic E-state index is 12.1. The van der Waals surface area contributed by atoms with Gasteiger partial charge in [0.25, 0.3) is 0 Å². The van der Waals surface area contributed by atoms with Gasteiger partial charge in [-0.25, -0.2) is 13.1 Å². The van der Waals surface area contributed by atoms with Crippen LogP contribution in [0, 0.1) is 12.8 Å². The quantitative estimate of drug-likeness (QED) is 0.871. The molecule has 0 heterocycles. The average molecular weight is 325 g/mol. The van der Waals surface area contributed by atoms with E-state index in [2.05, 4.69) is 4.72 Å². The fraction of sp³-hybridized carbons (Fsp3) is 0.500. The van der Waals surface area contributed by atoms with Crippen molar-refractivity contribution in [2.24, 2.45) is 11.7 Å². The molecule has 0 saturated heterocycles. The Balaban J connectivity index is 0.00000180. The van der Waals surface area contributed by atoms with Crippen molar-refractivity contribution >= 4 is 34.0 Å². The molecule has 0 spiro atoms. The Hall–Kier alpha value is -0.330. The van der Waals surface area contributed by atoms with E-state index in [-0.39, 0.29) is 34.9 Å². The lowest BCUT2D eigenvalue weighted by atomic mass is 10.2. The smallest absolute Gasteiger partial charge is 0.242 e. The van der Waals surface area contributed by atoms with Gasteiger partial charge in [-0.3, -0.25) is 0 Å². The molecule has 1 unspecified atom stereocenters. The minimum atomic E-state index is -3.57. The average Bonchev–Trinajstić information content (AvgIpc) is 3.09. The molecule has 4 nitrogen and oxygen atoms in total. The fourth-order valence-corrected chi connectivity index (χ4v) is 3.47. The first kappa shape index (κ1) is 16.7. The van der Waals surface area contributed by atoms with E-state index in [9.17, 15) is 8.42 Å². The summed E-state index contributed by atoms with van der Waals surface area (Å²) in [6, 6.07) is 4.77. The number of hydrogen-bond donors (Lipinski definition) is 2. The van der Waals surface area contributed by atoms with Crippen molar-refractivity contribution in [3.05, 3.63) is 28.8 Å². The van der Waals surface area contributed by atoms with Gasteiger partial charge < -0.3 is 5.73 Å². The molecule has 0 radical (unpaired) electrons. The van der Waals surface area contributed by atoms with E-state index in [1.807, 2.05) is 6.92 Å². The lowest BCUT2D eigenvalue weighted by Crippen LogP contribution is -2.38. The highest BCUT2D eigenvalue weighted by Gasteiger charge is 2.29. The standard InChI is InChI=1S/C12H17ClN2O2S.ClH/c1-8-2-5-12(10(13)6-8)18(16,17)15-7-11(14)9-3-4-9;/h2,5-6,9,11,15H,3-4,7,14H2,1H3;1H. The van der Waals surface area contributed by atoms with Crippen molar-refractivity contribution < 1.29 is 8.42 Å². The van der Waals surface area contributed by atoms with Crippen LogP contribution in [-0.2, 0) is 10.0 Å². The van der Waals surface area contributed by atoms with Crippen molar-refractivity contribution in [3.8, 4) is 0 Å². The second-order valence-corrected chi connectivity index (χ2v) is 6.93. The Kier molecular flexibility index (Phi) is 5.65. The van der Waals surface area contributed by atoms with Crippen molar-refractivity contribution in [2.45, 2.75) is 30.7 Å². The van der Waals surface area contributed by atoms with Gasteiger partial charge >= 0.3 is 0 Å². The van der Waals surface area contributed by atoms with Crippen molar-refractivity contribution in [1.82, 2.24) is 4.72 Å². The maximum absolute atomic E-state index is 12.1. The first-order valence-corrected chi connectivity index (χ1v) is 7.77. The number of halogens is 2. The Bertz CT molecular complexity index is 545. The summed E-state index contributed by atoms with van der Waals surface area (Å²) < 4.78 is 26.6. The third kappa shape index (κ3) is 4.33. The predicted molar refractivity (Wildman–Crippen MR) is 79.3 cm³/mol. The molecule has 0 aliphatic heterocycles. The second kappa shape index (κ2) is 6.41. The summed E-state index contributed by atoms with van der Waals surface area (Å²) in [5.41, 5.74) is 6.79. The summed E-state index contributed by atoms with van der Waals surface area (Å²) in [5, 5.41) is 0.238. The van der Waals surface area contributed by atoms with Crippen LogP contribution in [-0.4, -0.2) is 21.0 Å². The fourth-order valence-electron chi connectivity index (χ4n) is 1.80. The van der Waals surface area contributed by atoms with Crippen molar-refractivity contribution in [3.63, 3.8) is 0 Å². The third-order valence-corrected chi connectivity index (χ3v) is 5.02. The van der Waals surface area contributed by atoms with E-state index in [1.54, 1.807) is 12.1 Å². The van der Waals surface area contributed by atoms with Crippen molar-refractivity contribution in [2.75, 3.05) is 6.54 Å². The molecule has 1 aromatic rings. The van der Waals surface area contributed by atoms with E-state index in [0.29, 0.717) is 5.92 Å². The SMILES string of the molecule is Cc1ccc(S(=O)(=O)NCC(N)C2CC2)c(Cl)c1.Cl. The molecular formula is C12H18Cl2N2O2S. The Morgan fingerprint density at radius 2 is 2.11 bits per heavy atom. The highest BCUT2D eigenvalue weighted by atomic mass is 35.5. The molecule has 1 atom stereocenters. The minimum Gasteiger partial charge on any atom is -0.326 e. The molecule has 108 valence electrons. The molecule has 1 aliphatic rings. The third-order valence-electron chi connectivity index (χ3n) is 3.11. The first-order valence-electron chi connectivity index (χ1n) is 5.91. The van der Waals surface area contributed by atoms with Crippen molar-refractivity contribution in [1.29, 1.82) is 0 Å². The van der Waals surface area contributed by atoms with Gasteiger partial charge in [-0.05, 0) is 43.4 Å². The molecule has 0 amide bonds. The van der Waals surface area contributed by atoms with Crippen LogP contribution in [0.4, 0.5) is 0 Å². The number of sulfonamides is 1. The zero-order valence-electron chi connectivity index (χ0n) is 10.6. The normalized spacial score (nSPS) is 16.8. The van der Waals surface area contributed by atoms with Crippen LogP contribution in [0.2, 0.25) is 5.02 Å². The number of aryl methyl sites for hydroxylation is 1. The molecular weight excluding hydrogens is 307 g/mol. The van der Waals surface area contributed by atoms with E-state index in [4.69, 9.17) is 17.3 Å². The van der Waals surface area contributed by atoms with E-state index in [0.717, 1.165) is 18.4 Å². The van der Waals surface area contributed by atoms with Gasteiger partial charge in [0.2, 0.25) is 10.0 Å². The lowest BCUT2D eigenvalue weighted by molar-refractivity contribution is 0.548. The number of rotatable bonds is 5. The lowest BCUT2D eigenvalue weighted by Gasteiger charge is -2.13. The molecule has 19 heavy (non-hydrogen) atoms. The maximum Gasteiger partial charge on any atom is 0.242 e. The second-order valence-electron chi connectivity index (χ2n) is 4.79. The zero-order chi connectivity index (χ0) is 13.3. The monoisotopic (exact) mass is 324 g/mol. The summed E-state index contributed by atoms with van der Waals surface area (Å²) >= 11 is 5.95. The number of nitrogens with one attached hydrogen (secondary N) is 1. The predicted octanol–water partition coefficient (Wildman–Crippen LogP) is 2.09. The van der Waals surface area contributed by atoms with Crippen LogP contribution < -0.4 is 10.5 Å². The van der Waals surface area contributed by atoms with Crippen LogP contribution in [0.3, 0.4) is 0 Å². The molecule has 1 saturated carbocycles. The van der Waals surface area contributed by atoms with Crippen LogP contribution >= 0.6 is 24.0 Å². The Labute approximate surface area is 125 Å². The molecule has 0 aromatic heterocycles. The summed E-state index contributed by atoms with van der Waals surface area (Å²) in [4.78, 5) is 0.109. The molecule has 1 aromatic carbocycles. The van der Waals surface area contributed by atoms with Gasteiger partial charge in [0.05, 0.1) is 5.02 Å². The number of hydrogen-bond acceptors (Lipinski definition) is 3.